The smallest absolute Gasteiger partial charge is 0.394 e. The van der Waals surface area contributed by atoms with E-state index in [2.05, 4.69) is 5.32 Å². The first-order valence-electron chi connectivity index (χ1n) is 11.6. The van der Waals surface area contributed by atoms with Crippen LogP contribution in [0.15, 0.2) is 23.0 Å². The number of nitrogens with one attached hydrogen (secondary N) is 1. The average molecular weight is 571 g/mol. The van der Waals surface area contributed by atoms with Crippen molar-refractivity contribution in [3.05, 3.63) is 34.1 Å². The second-order valence-electron chi connectivity index (χ2n) is 9.66. The second-order valence-corrected chi connectivity index (χ2v) is 10.6. The lowest BCUT2D eigenvalue weighted by Crippen LogP contribution is -2.65. The molecular weight excluding hydrogens is 540 g/mol. The zero-order chi connectivity index (χ0) is 29.8. The molecule has 1 aromatic rings. The molecule has 4 rings (SSSR count). The number of primary amides is 1. The van der Waals surface area contributed by atoms with Gasteiger partial charge >= 0.3 is 10.4 Å². The third-order valence-corrected chi connectivity index (χ3v) is 7.12. The molecule has 1 saturated carbocycles. The van der Waals surface area contributed by atoms with E-state index in [0.717, 1.165) is 0 Å². The number of ketones is 2. The molecule has 3 aliphatic carbocycles. The van der Waals surface area contributed by atoms with Crippen LogP contribution in [0.5, 0.6) is 5.75 Å². The lowest BCUT2D eigenvalue weighted by Gasteiger charge is -2.50. The van der Waals surface area contributed by atoms with Crippen LogP contribution in [0.2, 0.25) is 0 Å². The van der Waals surface area contributed by atoms with Gasteiger partial charge in [0.1, 0.15) is 22.8 Å². The maximum Gasteiger partial charge on any atom is 0.394 e. The van der Waals surface area contributed by atoms with Crippen molar-refractivity contribution in [3.63, 3.8) is 0 Å². The van der Waals surface area contributed by atoms with Gasteiger partial charge in [0, 0.05) is 23.7 Å². The maximum atomic E-state index is 13.7. The van der Waals surface area contributed by atoms with Crippen LogP contribution in [0.25, 0.3) is 5.76 Å². The minimum Gasteiger partial charge on any atom is -0.508 e. The number of nitrogens with two attached hydrogens (primary N) is 2. The van der Waals surface area contributed by atoms with Crippen LogP contribution in [0.1, 0.15) is 24.5 Å². The summed E-state index contributed by atoms with van der Waals surface area (Å²) >= 11 is 0. The average Bonchev–Trinajstić information content (AvgIpc) is 2.78. The number of aliphatic hydroxyl groups excluding tert-OH is 2. The molecule has 16 heteroatoms. The van der Waals surface area contributed by atoms with Gasteiger partial charge in [-0.05, 0) is 51.4 Å². The molecule has 214 valence electrons. The van der Waals surface area contributed by atoms with Crippen molar-refractivity contribution < 1.29 is 52.3 Å². The zero-order valence-corrected chi connectivity index (χ0v) is 22.0. The third kappa shape index (κ3) is 4.92. The summed E-state index contributed by atoms with van der Waals surface area (Å²) in [5, 5.41) is 47.3. The van der Waals surface area contributed by atoms with E-state index >= 15 is 0 Å². The number of hydrogen-bond acceptors (Lipinski definition) is 12. The Bertz CT molecular complexity index is 1430. The molecule has 1 fully saturated rings. The number of fused-ring (bicyclic) bond motifs is 3. The molecule has 15 nitrogen and oxygen atoms in total. The molecule has 0 bridgehead atoms. The van der Waals surface area contributed by atoms with Gasteiger partial charge in [0.05, 0.1) is 17.3 Å². The monoisotopic (exact) mass is 570 g/mol. The summed E-state index contributed by atoms with van der Waals surface area (Å²) in [6, 6.07) is 0.419. The van der Waals surface area contributed by atoms with Gasteiger partial charge in [-0.25, -0.2) is 0 Å². The topological polar surface area (TPSA) is 274 Å². The number of Topliss-reactive ketones (excluding diaryl/α,β-unsaturated/α-hetero) is 2. The van der Waals surface area contributed by atoms with Gasteiger partial charge in [-0.15, -0.1) is 0 Å². The third-order valence-electron chi connectivity index (χ3n) is 7.12. The van der Waals surface area contributed by atoms with Crippen molar-refractivity contribution >= 4 is 45.0 Å². The highest BCUT2D eigenvalue weighted by Crippen LogP contribution is 2.54. The summed E-state index contributed by atoms with van der Waals surface area (Å²) in [4.78, 5) is 40.2. The van der Waals surface area contributed by atoms with E-state index in [4.69, 9.17) is 29.0 Å². The number of phenols is 1. The number of likely N-dealkylation sites (N-methyl/N-ethyl adjacent to an activating group) is 1. The lowest BCUT2D eigenvalue weighted by molar-refractivity contribution is -0.153. The van der Waals surface area contributed by atoms with E-state index in [1.54, 1.807) is 14.1 Å². The van der Waals surface area contributed by atoms with Crippen LogP contribution in [-0.4, -0.2) is 92.6 Å². The number of aliphatic hydroxyl groups is 3. The molecular formula is C23H30N4O11S. The van der Waals surface area contributed by atoms with Crippen molar-refractivity contribution in [2.24, 2.45) is 17.6 Å². The van der Waals surface area contributed by atoms with E-state index in [-0.39, 0.29) is 29.7 Å². The minimum absolute atomic E-state index is 0.0187. The highest BCUT2D eigenvalue weighted by atomic mass is 32.3. The Labute approximate surface area is 223 Å². The molecule has 0 spiro atoms. The molecule has 1 amide bonds. The molecule has 0 heterocycles. The summed E-state index contributed by atoms with van der Waals surface area (Å²) in [6.07, 6.45) is 0.229. The van der Waals surface area contributed by atoms with Gasteiger partial charge in [-0.3, -0.25) is 28.4 Å². The fourth-order valence-corrected chi connectivity index (χ4v) is 5.68. The van der Waals surface area contributed by atoms with Crippen molar-refractivity contribution in [1.29, 1.82) is 0 Å². The number of aromatic hydroxyl groups is 1. The van der Waals surface area contributed by atoms with Crippen LogP contribution in [0.4, 0.5) is 11.4 Å². The number of amides is 1. The van der Waals surface area contributed by atoms with Gasteiger partial charge in [0.2, 0.25) is 5.78 Å². The Morgan fingerprint density at radius 3 is 2.26 bits per heavy atom. The van der Waals surface area contributed by atoms with Crippen LogP contribution in [-0.2, 0) is 31.2 Å². The normalized spacial score (nSPS) is 26.4. The summed E-state index contributed by atoms with van der Waals surface area (Å²) < 4.78 is 31.6. The summed E-state index contributed by atoms with van der Waals surface area (Å²) in [6.45, 7) is 2.40. The Balaban J connectivity index is 0.000000771. The number of nitrogens with zero attached hydrogens (tertiary/aromatic N) is 1. The van der Waals surface area contributed by atoms with E-state index in [1.165, 1.54) is 11.0 Å². The van der Waals surface area contributed by atoms with Crippen LogP contribution in [0.3, 0.4) is 0 Å². The molecule has 0 saturated heterocycles. The first-order chi connectivity index (χ1) is 17.9. The number of carbonyl (C=O) groups is 3. The predicted octanol–water partition coefficient (Wildman–Crippen LogP) is -0.675. The van der Waals surface area contributed by atoms with E-state index < -0.39 is 74.2 Å². The molecule has 1 aromatic carbocycles. The molecule has 0 aliphatic heterocycles. The molecule has 11 N–H and O–H groups in total. The van der Waals surface area contributed by atoms with E-state index in [1.807, 2.05) is 6.92 Å². The quantitative estimate of drug-likeness (QED) is 0.0714. The Kier molecular flexibility index (Phi) is 7.75. The number of anilines is 2. The Hall–Kier alpha value is -3.70. The lowest BCUT2D eigenvalue weighted by atomic mass is 9.57. The largest absolute Gasteiger partial charge is 0.508 e. The summed E-state index contributed by atoms with van der Waals surface area (Å²) in [5.41, 5.74) is 8.57. The molecule has 39 heavy (non-hydrogen) atoms. The highest BCUT2D eigenvalue weighted by molar-refractivity contribution is 7.79. The number of carbonyl (C=O) groups excluding carboxylic acids is 3. The Morgan fingerprint density at radius 2 is 1.77 bits per heavy atom. The van der Waals surface area contributed by atoms with Crippen molar-refractivity contribution in [3.8, 4) is 5.75 Å². The SMILES string of the molecule is CCNc1cc(N)c(O)c2c1CC1CC3[C@H](N(C)C)C(=O)C(C(N)=O)=C(O)[C@@]3(O)C(=O)C1=C2O.O=S(=O)(O)O. The Morgan fingerprint density at radius 1 is 1.21 bits per heavy atom. The van der Waals surface area contributed by atoms with Gasteiger partial charge in [0.15, 0.2) is 11.4 Å². The van der Waals surface area contributed by atoms with Crippen LogP contribution < -0.4 is 16.8 Å². The van der Waals surface area contributed by atoms with Crippen molar-refractivity contribution in [1.82, 2.24) is 4.90 Å². The van der Waals surface area contributed by atoms with Gasteiger partial charge in [-0.1, -0.05) is 0 Å². The maximum absolute atomic E-state index is 13.7. The van der Waals surface area contributed by atoms with E-state index in [0.29, 0.717) is 17.8 Å². The van der Waals surface area contributed by atoms with Crippen LogP contribution in [0, 0.1) is 11.8 Å². The van der Waals surface area contributed by atoms with Crippen molar-refractivity contribution in [2.45, 2.75) is 31.4 Å². The van der Waals surface area contributed by atoms with Gasteiger partial charge in [0.25, 0.3) is 5.91 Å². The first kappa shape index (κ1) is 29.9. The molecule has 3 aliphatic rings. The van der Waals surface area contributed by atoms with Crippen molar-refractivity contribution in [2.75, 3.05) is 31.7 Å². The number of phenolic OH excluding ortho intramolecular Hbond substituents is 1. The standard InChI is InChI=1S/C23H28N4O7.H2O4S/c1-4-26-12-7-11(24)17(28)14-9(12)5-8-6-10-16(27(2)3)19(30)15(22(25)33)21(32)23(10,34)20(31)13(8)18(14)29;1-5(2,3)4/h7-8,10,16,26,28-29,32,34H,4-6,24H2,1-3H3,(H2,25,33);(H2,1,2,3,4)/t8?,10?,16-,23-;/m0./s1. The molecule has 4 atom stereocenters. The fraction of sp³-hybridized carbons (Fsp3) is 0.435. The minimum atomic E-state index is -4.67. The number of nitrogen functional groups attached to an aromatic ring is 1. The molecule has 2 unspecified atom stereocenters. The molecule has 0 aromatic heterocycles. The zero-order valence-electron chi connectivity index (χ0n) is 21.2. The predicted molar refractivity (Wildman–Crippen MR) is 137 cm³/mol. The number of hydrogen-bond donors (Lipinski definition) is 9. The summed E-state index contributed by atoms with van der Waals surface area (Å²) in [7, 11) is -1.56. The summed E-state index contributed by atoms with van der Waals surface area (Å²) in [5.74, 6) is -6.97. The second kappa shape index (κ2) is 10.1. The number of benzene rings is 1. The number of rotatable bonds is 4. The first-order valence-corrected chi connectivity index (χ1v) is 13.0. The van der Waals surface area contributed by atoms with Gasteiger partial charge in [-0.2, -0.15) is 8.42 Å². The van der Waals surface area contributed by atoms with Crippen LogP contribution >= 0.6 is 0 Å². The van der Waals surface area contributed by atoms with E-state index in [9.17, 15) is 34.8 Å². The fourth-order valence-electron chi connectivity index (χ4n) is 5.68. The highest BCUT2D eigenvalue weighted by Gasteiger charge is 2.64. The van der Waals surface area contributed by atoms with Gasteiger partial charge < -0.3 is 37.2 Å². The molecule has 0 radical (unpaired) electrons.